The number of hydrogen-bond acceptors (Lipinski definition) is 4. The third-order valence-electron chi connectivity index (χ3n) is 9.36. The van der Waals surface area contributed by atoms with Crippen LogP contribution in [0.2, 0.25) is 0 Å². The Kier molecular flexibility index (Phi) is 7.06. The van der Waals surface area contributed by atoms with Gasteiger partial charge in [0.1, 0.15) is 11.5 Å². The van der Waals surface area contributed by atoms with Gasteiger partial charge < -0.3 is 18.9 Å². The third-order valence-corrected chi connectivity index (χ3v) is 9.36. The highest BCUT2D eigenvalue weighted by Gasteiger charge is 2.46. The summed E-state index contributed by atoms with van der Waals surface area (Å²) in [4.78, 5) is 0. The number of hydrogen-bond donors (Lipinski definition) is 0. The van der Waals surface area contributed by atoms with Crippen LogP contribution in [0.5, 0.6) is 11.5 Å². The molecule has 4 aromatic rings. The largest absolute Gasteiger partial charge is 0.493 e. The predicted octanol–water partition coefficient (Wildman–Crippen LogP) is 7.66. The molecule has 4 aromatic carbocycles. The second-order valence-corrected chi connectivity index (χ2v) is 11.6. The van der Waals surface area contributed by atoms with Crippen molar-refractivity contribution < 1.29 is 18.9 Å². The van der Waals surface area contributed by atoms with Gasteiger partial charge in [-0.1, -0.05) is 86.6 Å². The molecule has 0 radical (unpaired) electrons. The van der Waals surface area contributed by atoms with Gasteiger partial charge in [0, 0.05) is 11.8 Å². The maximum atomic E-state index is 6.22. The Morgan fingerprint density at radius 3 is 1.37 bits per heavy atom. The smallest absolute Gasteiger partial charge is 0.119 e. The first-order chi connectivity index (χ1) is 20.2. The summed E-state index contributed by atoms with van der Waals surface area (Å²) in [7, 11) is 0. The standard InChI is InChI=1S/C37H38O4/c1-3-35-25(23-40-35)21-38-29-17-13-27(14-18-29)37(33-11-7-5-9-31(33)32-10-6-8-12-34(32)37)28-15-19-30(20-16-28)39-22-26-24-41-36(26)4-2/h5-20,25-26,35-36H,3-4,21-24H2,1-2H3. The molecule has 0 amide bonds. The molecule has 2 heterocycles. The van der Waals surface area contributed by atoms with Crippen LogP contribution < -0.4 is 9.47 Å². The van der Waals surface area contributed by atoms with E-state index >= 15 is 0 Å². The Morgan fingerprint density at radius 2 is 1.00 bits per heavy atom. The fourth-order valence-electron chi connectivity index (χ4n) is 6.98. The van der Waals surface area contributed by atoms with E-state index in [0.717, 1.165) is 37.6 Å². The molecule has 1 aliphatic carbocycles. The number of fused-ring (bicyclic) bond motifs is 3. The van der Waals surface area contributed by atoms with Gasteiger partial charge in [0.2, 0.25) is 0 Å². The molecule has 3 aliphatic rings. The molecule has 210 valence electrons. The summed E-state index contributed by atoms with van der Waals surface area (Å²) in [6.45, 7) is 7.32. The number of benzene rings is 4. The third kappa shape index (κ3) is 4.45. The summed E-state index contributed by atoms with van der Waals surface area (Å²) >= 11 is 0. The molecule has 0 N–H and O–H groups in total. The van der Waals surface area contributed by atoms with Crippen LogP contribution in [0.25, 0.3) is 11.1 Å². The van der Waals surface area contributed by atoms with E-state index in [0.29, 0.717) is 37.3 Å². The van der Waals surface area contributed by atoms with Crippen LogP contribution in [0, 0.1) is 11.8 Å². The second-order valence-electron chi connectivity index (χ2n) is 11.6. The van der Waals surface area contributed by atoms with Crippen molar-refractivity contribution in [3.05, 3.63) is 119 Å². The highest BCUT2D eigenvalue weighted by Crippen LogP contribution is 2.56. The van der Waals surface area contributed by atoms with Gasteiger partial charge in [-0.3, -0.25) is 0 Å². The Balaban J connectivity index is 1.24. The van der Waals surface area contributed by atoms with E-state index in [9.17, 15) is 0 Å². The number of ether oxygens (including phenoxy) is 4. The van der Waals surface area contributed by atoms with Gasteiger partial charge in [0.05, 0.1) is 44.1 Å². The van der Waals surface area contributed by atoms with E-state index in [1.54, 1.807) is 0 Å². The van der Waals surface area contributed by atoms with E-state index in [-0.39, 0.29) is 0 Å². The monoisotopic (exact) mass is 546 g/mol. The van der Waals surface area contributed by atoms with Gasteiger partial charge in [-0.25, -0.2) is 0 Å². The molecule has 41 heavy (non-hydrogen) atoms. The maximum Gasteiger partial charge on any atom is 0.119 e. The summed E-state index contributed by atoms with van der Waals surface area (Å²) in [5.74, 6) is 2.76. The van der Waals surface area contributed by atoms with Gasteiger partial charge in [-0.05, 0) is 70.5 Å². The van der Waals surface area contributed by atoms with Crippen LogP contribution in [0.15, 0.2) is 97.1 Å². The SMILES string of the molecule is CCC1OCC1COc1ccc(C2(c3ccc(OCC4COC4CC)cc3)c3ccccc3-c3ccccc32)cc1. The molecule has 0 spiro atoms. The normalized spacial score (nSPS) is 23.6. The van der Waals surface area contributed by atoms with Crippen LogP contribution in [0.1, 0.15) is 48.9 Å². The Bertz CT molecular complexity index is 1370. The van der Waals surface area contributed by atoms with Gasteiger partial charge >= 0.3 is 0 Å². The van der Waals surface area contributed by atoms with E-state index < -0.39 is 5.41 Å². The zero-order valence-corrected chi connectivity index (χ0v) is 23.9. The van der Waals surface area contributed by atoms with Crippen LogP contribution in [0.3, 0.4) is 0 Å². The minimum atomic E-state index is -0.436. The molecule has 4 nitrogen and oxygen atoms in total. The minimum absolute atomic E-state index is 0.325. The van der Waals surface area contributed by atoms with E-state index in [4.69, 9.17) is 18.9 Å². The number of rotatable bonds is 10. The summed E-state index contributed by atoms with van der Waals surface area (Å²) in [5, 5.41) is 0. The van der Waals surface area contributed by atoms with Crippen LogP contribution >= 0.6 is 0 Å². The summed E-state index contributed by atoms with van der Waals surface area (Å²) in [6, 6.07) is 35.2. The van der Waals surface area contributed by atoms with Gasteiger partial charge in [-0.2, -0.15) is 0 Å². The lowest BCUT2D eigenvalue weighted by molar-refractivity contribution is -0.128. The highest BCUT2D eigenvalue weighted by molar-refractivity contribution is 5.86. The van der Waals surface area contributed by atoms with Crippen molar-refractivity contribution in [3.63, 3.8) is 0 Å². The molecule has 0 aromatic heterocycles. The fraction of sp³-hybridized carbons (Fsp3) is 0.351. The first kappa shape index (κ1) is 26.3. The highest BCUT2D eigenvalue weighted by atomic mass is 16.5. The fourth-order valence-corrected chi connectivity index (χ4v) is 6.98. The minimum Gasteiger partial charge on any atom is -0.493 e. The molecule has 0 bridgehead atoms. The van der Waals surface area contributed by atoms with Crippen molar-refractivity contribution >= 4 is 0 Å². The zero-order chi connectivity index (χ0) is 27.8. The Hall–Kier alpha value is -3.60. The molecular weight excluding hydrogens is 508 g/mol. The van der Waals surface area contributed by atoms with Gasteiger partial charge in [0.15, 0.2) is 0 Å². The summed E-state index contributed by atoms with van der Waals surface area (Å²) < 4.78 is 23.8. The Morgan fingerprint density at radius 1 is 0.585 bits per heavy atom. The lowest BCUT2D eigenvalue weighted by atomic mass is 9.68. The van der Waals surface area contributed by atoms with E-state index in [1.807, 2.05) is 0 Å². The average Bonchev–Trinajstić information content (AvgIpc) is 3.29. The van der Waals surface area contributed by atoms with Crippen LogP contribution in [-0.2, 0) is 14.9 Å². The molecule has 7 rings (SSSR count). The first-order valence-corrected chi connectivity index (χ1v) is 15.1. The van der Waals surface area contributed by atoms with Crippen LogP contribution in [0.4, 0.5) is 0 Å². The average molecular weight is 547 g/mol. The van der Waals surface area contributed by atoms with Crippen molar-refractivity contribution in [3.8, 4) is 22.6 Å². The van der Waals surface area contributed by atoms with Crippen molar-refractivity contribution in [1.82, 2.24) is 0 Å². The zero-order valence-electron chi connectivity index (χ0n) is 23.9. The predicted molar refractivity (Wildman–Crippen MR) is 162 cm³/mol. The molecule has 4 unspecified atom stereocenters. The van der Waals surface area contributed by atoms with Crippen molar-refractivity contribution in [2.45, 2.75) is 44.3 Å². The van der Waals surface area contributed by atoms with E-state index in [2.05, 4.69) is 111 Å². The van der Waals surface area contributed by atoms with Crippen molar-refractivity contribution in [2.24, 2.45) is 11.8 Å². The molecule has 2 saturated heterocycles. The molecular formula is C37H38O4. The van der Waals surface area contributed by atoms with Crippen molar-refractivity contribution in [2.75, 3.05) is 26.4 Å². The molecule has 4 heteroatoms. The maximum absolute atomic E-state index is 6.22. The van der Waals surface area contributed by atoms with E-state index in [1.165, 1.54) is 33.4 Å². The second kappa shape index (κ2) is 11.0. The van der Waals surface area contributed by atoms with Gasteiger partial charge in [0.25, 0.3) is 0 Å². The van der Waals surface area contributed by atoms with Crippen molar-refractivity contribution in [1.29, 1.82) is 0 Å². The first-order valence-electron chi connectivity index (χ1n) is 15.1. The van der Waals surface area contributed by atoms with Crippen LogP contribution in [-0.4, -0.2) is 38.6 Å². The molecule has 4 atom stereocenters. The topological polar surface area (TPSA) is 36.9 Å². The molecule has 2 aliphatic heterocycles. The quantitative estimate of drug-likeness (QED) is 0.180. The van der Waals surface area contributed by atoms with Gasteiger partial charge in [-0.15, -0.1) is 0 Å². The summed E-state index contributed by atoms with van der Waals surface area (Å²) in [6.07, 6.45) is 2.72. The molecule has 0 saturated carbocycles. The Labute approximate surface area is 243 Å². The summed E-state index contributed by atoms with van der Waals surface area (Å²) in [5.41, 5.74) is 7.20. The molecule has 2 fully saturated rings. The lowest BCUT2D eigenvalue weighted by Crippen LogP contribution is -2.42. The lowest BCUT2D eigenvalue weighted by Gasteiger charge is -2.36.